The third-order valence-electron chi connectivity index (χ3n) is 7.76. The van der Waals surface area contributed by atoms with Crippen LogP contribution in [0.25, 0.3) is 0 Å². The summed E-state index contributed by atoms with van der Waals surface area (Å²) in [6.45, 7) is 0. The summed E-state index contributed by atoms with van der Waals surface area (Å²) in [6, 6.07) is 11.0. The summed E-state index contributed by atoms with van der Waals surface area (Å²) in [7, 11) is -4.74. The molecule has 0 N–H and O–H groups in total. The summed E-state index contributed by atoms with van der Waals surface area (Å²) >= 11 is 18.2. The van der Waals surface area contributed by atoms with Gasteiger partial charge in [-0.1, -0.05) is 71.2 Å². The standard InChI is InChI=1S/C30H12Cl3F23O2S/c31-13-11-16(32)18(17(33)12-13)59(14-7-3-1-4-8-14,15-9-5-2-6-10-15)58-19(57)20(34,35)21(36,37)22(38,39)23(40,41)24(42,43)25(44,45)26(46,47)27(48,49)28(50,51)29(52,53)30(54,55)56/h1-12H. The van der Waals surface area contributed by atoms with Crippen molar-refractivity contribution in [2.75, 3.05) is 0 Å². The van der Waals surface area contributed by atoms with Crippen molar-refractivity contribution in [3.63, 3.8) is 0 Å². The predicted octanol–water partition coefficient (Wildman–Crippen LogP) is 14.3. The van der Waals surface area contributed by atoms with Crippen molar-refractivity contribution in [2.45, 2.75) is 80.1 Å². The van der Waals surface area contributed by atoms with Gasteiger partial charge in [-0.25, -0.2) is 4.79 Å². The molecule has 0 spiro atoms. The molecular formula is C30H12Cl3F23O2S. The van der Waals surface area contributed by atoms with Gasteiger partial charge in [-0.2, -0.15) is 101 Å². The van der Waals surface area contributed by atoms with E-state index < -0.39 is 111 Å². The molecule has 0 unspecified atom stereocenters. The SMILES string of the molecule is O=C(OS(c1ccccc1)(c1ccccc1)c1c(Cl)cc(Cl)cc1Cl)C(F)(F)C(F)(F)C(F)(F)C(F)(F)C(F)(F)C(F)(F)C(F)(F)C(F)(F)C(F)(F)C(F)(F)C(F)(F)F. The molecule has 0 atom stereocenters. The molecule has 0 radical (unpaired) electrons. The van der Waals surface area contributed by atoms with Crippen LogP contribution in [0.3, 0.4) is 0 Å². The fraction of sp³-hybridized carbons (Fsp3) is 0.367. The molecule has 0 fully saturated rings. The first-order valence-corrected chi connectivity index (χ1v) is 17.0. The number of carbonyl (C=O) groups excluding carboxylic acids is 1. The molecule has 59 heavy (non-hydrogen) atoms. The molecule has 0 aliphatic rings. The maximum absolute atomic E-state index is 15.4. The molecule has 0 aliphatic heterocycles. The van der Waals surface area contributed by atoms with Crippen molar-refractivity contribution >= 4 is 51.1 Å². The molecule has 0 amide bonds. The Morgan fingerprint density at radius 2 is 0.695 bits per heavy atom. The Balaban J connectivity index is 2.29. The maximum Gasteiger partial charge on any atom is 0.460 e. The second-order valence-electron chi connectivity index (χ2n) is 11.5. The van der Waals surface area contributed by atoms with Crippen LogP contribution < -0.4 is 0 Å². The van der Waals surface area contributed by atoms with E-state index >= 15 is 17.6 Å². The molecule has 0 heterocycles. The van der Waals surface area contributed by atoms with E-state index in [1.165, 1.54) is 0 Å². The molecule has 0 aromatic heterocycles. The number of hydrogen-bond acceptors (Lipinski definition) is 2. The zero-order chi connectivity index (χ0) is 46.2. The third-order valence-corrected chi connectivity index (χ3v) is 12.1. The van der Waals surface area contributed by atoms with Crippen LogP contribution in [0.2, 0.25) is 15.1 Å². The van der Waals surface area contributed by atoms with E-state index in [4.69, 9.17) is 34.8 Å². The lowest BCUT2D eigenvalue weighted by atomic mass is 9.85. The second kappa shape index (κ2) is 15.0. The number of carbonyl (C=O) groups is 1. The summed E-state index contributed by atoms with van der Waals surface area (Å²) in [5.74, 6) is -95.2. The van der Waals surface area contributed by atoms with Crippen LogP contribution in [-0.4, -0.2) is 71.4 Å². The maximum atomic E-state index is 15.4. The van der Waals surface area contributed by atoms with Crippen LogP contribution in [0, 0.1) is 0 Å². The van der Waals surface area contributed by atoms with Crippen molar-refractivity contribution in [2.24, 2.45) is 0 Å². The first kappa shape index (κ1) is 50.1. The normalized spacial score (nSPS) is 15.3. The van der Waals surface area contributed by atoms with Gasteiger partial charge in [-0.3, -0.25) is 0 Å². The average Bonchev–Trinajstić information content (AvgIpc) is 3.10. The van der Waals surface area contributed by atoms with E-state index in [0.29, 0.717) is 0 Å². The molecule has 2 nitrogen and oxygen atoms in total. The van der Waals surface area contributed by atoms with Gasteiger partial charge in [0.05, 0.1) is 14.9 Å². The van der Waals surface area contributed by atoms with E-state index in [1.807, 2.05) is 0 Å². The molecular weight excluding hydrogens is 968 g/mol. The van der Waals surface area contributed by atoms with Crippen LogP contribution in [0.4, 0.5) is 101 Å². The van der Waals surface area contributed by atoms with Gasteiger partial charge in [0, 0.05) is 14.8 Å². The summed E-state index contributed by atoms with van der Waals surface area (Å²) in [6.07, 6.45) is -8.18. The van der Waals surface area contributed by atoms with Gasteiger partial charge in [0.2, 0.25) is 0 Å². The molecule has 3 rings (SSSR count). The van der Waals surface area contributed by atoms with Crippen molar-refractivity contribution in [3.05, 3.63) is 87.9 Å². The molecule has 332 valence electrons. The smallest absolute Gasteiger partial charge is 0.397 e. The highest BCUT2D eigenvalue weighted by Gasteiger charge is 2.99. The van der Waals surface area contributed by atoms with Crippen LogP contribution in [0.15, 0.2) is 87.5 Å². The molecule has 0 aliphatic carbocycles. The highest BCUT2D eigenvalue weighted by atomic mass is 35.5. The number of alkyl halides is 23. The van der Waals surface area contributed by atoms with Crippen LogP contribution in [0.5, 0.6) is 0 Å². The first-order valence-electron chi connectivity index (χ1n) is 14.3. The minimum atomic E-state index is -9.60. The quantitative estimate of drug-likeness (QED) is 0.151. The lowest BCUT2D eigenvalue weighted by Gasteiger charge is -2.45. The molecule has 0 saturated heterocycles. The van der Waals surface area contributed by atoms with Gasteiger partial charge in [-0.15, -0.1) is 0 Å². The molecule has 3 aromatic rings. The summed E-state index contributed by atoms with van der Waals surface area (Å²) in [5.41, 5.74) is 0. The van der Waals surface area contributed by atoms with Crippen LogP contribution in [-0.2, 0) is 8.98 Å². The Hall–Kier alpha value is -3.26. The Morgan fingerprint density at radius 3 is 0.983 bits per heavy atom. The van der Waals surface area contributed by atoms with Gasteiger partial charge in [0.25, 0.3) is 0 Å². The molecule has 0 bridgehead atoms. The van der Waals surface area contributed by atoms with E-state index in [9.17, 15) is 88.2 Å². The summed E-state index contributed by atoms with van der Waals surface area (Å²) < 4.78 is 327. The first-order chi connectivity index (χ1) is 26.2. The zero-order valence-corrected chi connectivity index (χ0v) is 30.1. The Bertz CT molecular complexity index is 1960. The van der Waals surface area contributed by atoms with Gasteiger partial charge in [-0.05, 0) is 46.7 Å². The topological polar surface area (TPSA) is 26.3 Å². The highest BCUT2D eigenvalue weighted by molar-refractivity contribution is 8.30. The number of rotatable bonds is 14. The Labute approximate surface area is 328 Å². The lowest BCUT2D eigenvalue weighted by Crippen LogP contribution is -2.78. The summed E-state index contributed by atoms with van der Waals surface area (Å²) in [4.78, 5) is 10.8. The average molecular weight is 980 g/mol. The van der Waals surface area contributed by atoms with Gasteiger partial charge in [0.15, 0.2) is 0 Å². The summed E-state index contributed by atoms with van der Waals surface area (Å²) in [5, 5.41) is -2.06. The van der Waals surface area contributed by atoms with Gasteiger partial charge < -0.3 is 4.18 Å². The third kappa shape index (κ3) is 6.98. The van der Waals surface area contributed by atoms with E-state index in [-0.39, 0.29) is 0 Å². The lowest BCUT2D eigenvalue weighted by molar-refractivity contribution is -0.477. The fourth-order valence-electron chi connectivity index (χ4n) is 4.59. The van der Waals surface area contributed by atoms with Crippen molar-refractivity contribution in [3.8, 4) is 0 Å². The predicted molar refractivity (Wildman–Crippen MR) is 158 cm³/mol. The van der Waals surface area contributed by atoms with E-state index in [0.717, 1.165) is 72.8 Å². The molecule has 0 saturated carbocycles. The molecule has 29 heteroatoms. The van der Waals surface area contributed by atoms with Gasteiger partial charge >= 0.3 is 71.4 Å². The van der Waals surface area contributed by atoms with E-state index in [1.54, 1.807) is 0 Å². The zero-order valence-electron chi connectivity index (χ0n) is 27.0. The van der Waals surface area contributed by atoms with Crippen molar-refractivity contribution in [1.29, 1.82) is 0 Å². The Morgan fingerprint density at radius 1 is 0.424 bits per heavy atom. The largest absolute Gasteiger partial charge is 0.460 e. The minimum Gasteiger partial charge on any atom is -0.397 e. The van der Waals surface area contributed by atoms with Gasteiger partial charge in [0.1, 0.15) is 0 Å². The number of hydrogen-bond donors (Lipinski definition) is 0. The Kier molecular flexibility index (Phi) is 12.7. The van der Waals surface area contributed by atoms with Crippen LogP contribution >= 0.6 is 45.1 Å². The number of halogens is 26. The van der Waals surface area contributed by atoms with Crippen LogP contribution in [0.1, 0.15) is 0 Å². The van der Waals surface area contributed by atoms with Crippen molar-refractivity contribution in [1.82, 2.24) is 0 Å². The van der Waals surface area contributed by atoms with Crippen molar-refractivity contribution < 1.29 is 110 Å². The monoisotopic (exact) mass is 978 g/mol. The highest BCUT2D eigenvalue weighted by Crippen LogP contribution is 2.74. The second-order valence-corrected chi connectivity index (χ2v) is 15.4. The molecule has 3 aromatic carbocycles. The minimum absolute atomic E-state index is 0.401. The van der Waals surface area contributed by atoms with E-state index in [2.05, 4.69) is 4.18 Å². The fourth-order valence-corrected chi connectivity index (χ4v) is 9.15. The number of benzene rings is 3.